The normalized spacial score (nSPS) is 21.9. The van der Waals surface area contributed by atoms with Crippen LogP contribution in [-0.4, -0.2) is 28.8 Å². The molecule has 100 valence electrons. The highest BCUT2D eigenvalue weighted by atomic mass is 16.1. The molecule has 0 aromatic carbocycles. The van der Waals surface area contributed by atoms with Crippen LogP contribution in [0.3, 0.4) is 0 Å². The summed E-state index contributed by atoms with van der Waals surface area (Å²) in [6, 6.07) is 4.06. The van der Waals surface area contributed by atoms with Crippen LogP contribution in [0.25, 0.3) is 0 Å². The summed E-state index contributed by atoms with van der Waals surface area (Å²) in [6.45, 7) is 4.25. The minimum absolute atomic E-state index is 0.299. The number of nitrogens with zero attached hydrogens (tertiary/aromatic N) is 2. The van der Waals surface area contributed by atoms with Gasteiger partial charge in [-0.15, -0.1) is 0 Å². The Morgan fingerprint density at radius 2 is 2.21 bits per heavy atom. The van der Waals surface area contributed by atoms with Crippen LogP contribution in [0.1, 0.15) is 31.7 Å². The molecule has 0 amide bonds. The van der Waals surface area contributed by atoms with Crippen LogP contribution >= 0.6 is 0 Å². The van der Waals surface area contributed by atoms with E-state index in [4.69, 9.17) is 0 Å². The summed E-state index contributed by atoms with van der Waals surface area (Å²) in [5, 5.41) is 0. The van der Waals surface area contributed by atoms with Crippen LogP contribution in [0.2, 0.25) is 0 Å². The molecule has 3 heteroatoms. The average molecular weight is 256 g/mol. The van der Waals surface area contributed by atoms with Crippen molar-refractivity contribution in [3.8, 4) is 0 Å². The topological polar surface area (TPSA) is 33.2 Å². The van der Waals surface area contributed by atoms with Crippen molar-refractivity contribution < 1.29 is 4.79 Å². The molecule has 2 bridgehead atoms. The molecule has 0 radical (unpaired) electrons. The average Bonchev–Trinajstić information content (AvgIpc) is 2.47. The van der Waals surface area contributed by atoms with Crippen LogP contribution < -0.4 is 0 Å². The molecular weight excluding hydrogens is 236 g/mol. The SMILES string of the molecule is CC(CCc1cccnc1)=C1C(=O)C2CCN1CC2. The quantitative estimate of drug-likeness (QED) is 0.779. The molecule has 3 aliphatic rings. The monoisotopic (exact) mass is 256 g/mol. The van der Waals surface area contributed by atoms with Gasteiger partial charge in [0, 0.05) is 31.4 Å². The maximum Gasteiger partial charge on any atom is 0.182 e. The van der Waals surface area contributed by atoms with E-state index in [1.807, 2.05) is 12.3 Å². The molecule has 4 heterocycles. The van der Waals surface area contributed by atoms with Gasteiger partial charge in [0.05, 0.1) is 5.70 Å². The molecule has 0 aliphatic carbocycles. The number of hydrogen-bond donors (Lipinski definition) is 0. The lowest BCUT2D eigenvalue weighted by molar-refractivity contribution is -0.125. The Bertz CT molecular complexity index is 499. The van der Waals surface area contributed by atoms with Gasteiger partial charge in [-0.3, -0.25) is 9.78 Å². The number of carbonyl (C=O) groups is 1. The Balaban J connectivity index is 1.73. The van der Waals surface area contributed by atoms with Crippen LogP contribution in [0.4, 0.5) is 0 Å². The predicted octanol–water partition coefficient (Wildman–Crippen LogP) is 2.58. The van der Waals surface area contributed by atoms with Gasteiger partial charge in [0.15, 0.2) is 5.78 Å². The Morgan fingerprint density at radius 1 is 1.42 bits per heavy atom. The van der Waals surface area contributed by atoms with Crippen LogP contribution in [-0.2, 0) is 11.2 Å². The standard InChI is InChI=1S/C16H20N2O/c1-12(4-5-13-3-2-8-17-11-13)15-16(19)14-6-9-18(15)10-7-14/h2-3,8,11,14H,4-7,9-10H2,1H3. The van der Waals surface area contributed by atoms with Crippen LogP contribution in [0.15, 0.2) is 35.8 Å². The number of carbonyl (C=O) groups excluding carboxylic acids is 1. The molecule has 3 nitrogen and oxygen atoms in total. The zero-order chi connectivity index (χ0) is 13.2. The third kappa shape index (κ3) is 2.42. The number of aryl methyl sites for hydroxylation is 1. The number of hydrogen-bond acceptors (Lipinski definition) is 3. The zero-order valence-corrected chi connectivity index (χ0v) is 11.4. The molecule has 1 aromatic heterocycles. The second-order valence-corrected chi connectivity index (χ2v) is 5.62. The van der Waals surface area contributed by atoms with Gasteiger partial charge in [0.1, 0.15) is 0 Å². The smallest absolute Gasteiger partial charge is 0.182 e. The molecule has 0 unspecified atom stereocenters. The number of aromatic nitrogens is 1. The van der Waals surface area contributed by atoms with Gasteiger partial charge in [0.2, 0.25) is 0 Å². The third-order valence-electron chi connectivity index (χ3n) is 4.33. The lowest BCUT2D eigenvalue weighted by Gasteiger charge is -2.42. The summed E-state index contributed by atoms with van der Waals surface area (Å²) in [5.41, 5.74) is 3.51. The minimum atomic E-state index is 0.299. The number of allylic oxidation sites excluding steroid dienone is 2. The van der Waals surface area contributed by atoms with Crippen LogP contribution in [0, 0.1) is 5.92 Å². The summed E-state index contributed by atoms with van der Waals surface area (Å²) in [4.78, 5) is 18.8. The fraction of sp³-hybridized carbons (Fsp3) is 0.500. The molecule has 3 aliphatic heterocycles. The highest BCUT2D eigenvalue weighted by Gasteiger charge is 2.37. The summed E-state index contributed by atoms with van der Waals surface area (Å²) in [7, 11) is 0. The van der Waals surface area contributed by atoms with Crippen molar-refractivity contribution in [2.24, 2.45) is 5.92 Å². The number of fused-ring (bicyclic) bond motifs is 3. The number of Topliss-reactive ketones (excluding diaryl/α,β-unsaturated/α-hetero) is 1. The lowest BCUT2D eigenvalue weighted by Crippen LogP contribution is -2.46. The molecule has 1 aromatic rings. The summed E-state index contributed by atoms with van der Waals surface area (Å²) >= 11 is 0. The lowest BCUT2D eigenvalue weighted by atomic mass is 9.83. The van der Waals surface area contributed by atoms with Crippen molar-refractivity contribution in [1.82, 2.24) is 9.88 Å². The summed E-state index contributed by atoms with van der Waals surface area (Å²) < 4.78 is 0. The molecule has 0 saturated carbocycles. The molecule has 0 spiro atoms. The van der Waals surface area contributed by atoms with Gasteiger partial charge in [-0.1, -0.05) is 6.07 Å². The van der Waals surface area contributed by atoms with Gasteiger partial charge in [-0.05, 0) is 49.8 Å². The fourth-order valence-corrected chi connectivity index (χ4v) is 3.19. The van der Waals surface area contributed by atoms with E-state index in [1.165, 1.54) is 11.1 Å². The molecular formula is C16H20N2O. The first kappa shape index (κ1) is 12.4. The van der Waals surface area contributed by atoms with Crippen molar-refractivity contribution in [2.45, 2.75) is 32.6 Å². The third-order valence-corrected chi connectivity index (χ3v) is 4.33. The van der Waals surface area contributed by atoms with E-state index in [2.05, 4.69) is 22.9 Å². The van der Waals surface area contributed by atoms with Crippen LogP contribution in [0.5, 0.6) is 0 Å². The van der Waals surface area contributed by atoms with Gasteiger partial charge in [-0.2, -0.15) is 0 Å². The maximum absolute atomic E-state index is 12.3. The van der Waals surface area contributed by atoms with Gasteiger partial charge in [0.25, 0.3) is 0 Å². The van der Waals surface area contributed by atoms with Crippen molar-refractivity contribution in [2.75, 3.05) is 13.1 Å². The second kappa shape index (κ2) is 5.16. The Labute approximate surface area is 114 Å². The van der Waals surface area contributed by atoms with Crippen molar-refractivity contribution in [3.05, 3.63) is 41.4 Å². The summed E-state index contributed by atoms with van der Waals surface area (Å²) in [6.07, 6.45) is 7.73. The Hall–Kier alpha value is -1.64. The largest absolute Gasteiger partial charge is 0.369 e. The second-order valence-electron chi connectivity index (χ2n) is 5.62. The van der Waals surface area contributed by atoms with Gasteiger partial charge in [-0.25, -0.2) is 0 Å². The van der Waals surface area contributed by atoms with E-state index in [1.54, 1.807) is 6.20 Å². The molecule has 3 saturated heterocycles. The maximum atomic E-state index is 12.3. The molecule has 19 heavy (non-hydrogen) atoms. The van der Waals surface area contributed by atoms with Crippen molar-refractivity contribution in [3.63, 3.8) is 0 Å². The van der Waals surface area contributed by atoms with E-state index in [0.717, 1.165) is 44.5 Å². The Morgan fingerprint density at radius 3 is 2.84 bits per heavy atom. The number of pyridine rings is 1. The van der Waals surface area contributed by atoms with E-state index >= 15 is 0 Å². The first-order valence-electron chi connectivity index (χ1n) is 7.13. The molecule has 0 N–H and O–H groups in total. The molecule has 4 rings (SSSR count). The Kier molecular flexibility index (Phi) is 3.36. The minimum Gasteiger partial charge on any atom is -0.369 e. The first-order valence-corrected chi connectivity index (χ1v) is 7.13. The fourth-order valence-electron chi connectivity index (χ4n) is 3.19. The zero-order valence-electron chi connectivity index (χ0n) is 11.4. The highest BCUT2D eigenvalue weighted by molar-refractivity contribution is 5.98. The molecule has 0 atom stereocenters. The number of piperidine rings is 3. The number of rotatable bonds is 3. The first-order chi connectivity index (χ1) is 9.25. The van der Waals surface area contributed by atoms with E-state index in [9.17, 15) is 4.79 Å². The molecule has 3 fully saturated rings. The number of ketones is 1. The predicted molar refractivity (Wildman–Crippen MR) is 74.6 cm³/mol. The van der Waals surface area contributed by atoms with E-state index in [0.29, 0.717) is 11.7 Å². The summed E-state index contributed by atoms with van der Waals surface area (Å²) in [5.74, 6) is 0.689. The van der Waals surface area contributed by atoms with E-state index in [-0.39, 0.29) is 0 Å². The highest BCUT2D eigenvalue weighted by Crippen LogP contribution is 2.33. The van der Waals surface area contributed by atoms with Crippen molar-refractivity contribution in [1.29, 1.82) is 0 Å². The van der Waals surface area contributed by atoms with Gasteiger partial charge < -0.3 is 4.90 Å². The van der Waals surface area contributed by atoms with E-state index < -0.39 is 0 Å². The van der Waals surface area contributed by atoms with Gasteiger partial charge >= 0.3 is 0 Å². The van der Waals surface area contributed by atoms with Crippen molar-refractivity contribution >= 4 is 5.78 Å².